The van der Waals surface area contributed by atoms with Gasteiger partial charge < -0.3 is 0 Å². The average molecular weight is 303 g/mol. The van der Waals surface area contributed by atoms with Gasteiger partial charge in [0.15, 0.2) is 0 Å². The lowest BCUT2D eigenvalue weighted by atomic mass is 10.5. The van der Waals surface area contributed by atoms with Gasteiger partial charge in [-0.05, 0) is 39.2 Å². The zero-order valence-electron chi connectivity index (χ0n) is 9.95. The van der Waals surface area contributed by atoms with E-state index >= 15 is 0 Å². The monoisotopic (exact) mass is 302 g/mol. The molecule has 0 atom stereocenters. The first-order valence-corrected chi connectivity index (χ1v) is 9.08. The normalized spacial score (nSPS) is 13.2. The van der Waals surface area contributed by atoms with Gasteiger partial charge in [-0.1, -0.05) is 0 Å². The van der Waals surface area contributed by atoms with Crippen molar-refractivity contribution in [3.63, 3.8) is 0 Å². The van der Waals surface area contributed by atoms with Crippen LogP contribution in [0.25, 0.3) is 0 Å². The molecule has 0 aliphatic carbocycles. The molecule has 0 aromatic rings. The Kier molecular flexibility index (Phi) is 8.89. The highest BCUT2D eigenvalue weighted by Gasteiger charge is 2.29. The number of thioether (sulfide) groups is 3. The maximum atomic E-state index is 4.25. The van der Waals surface area contributed by atoms with Crippen LogP contribution in [0.1, 0.15) is 27.7 Å². The molecule has 0 aromatic carbocycles. The van der Waals surface area contributed by atoms with E-state index in [1.165, 1.54) is 0 Å². The van der Waals surface area contributed by atoms with Crippen molar-refractivity contribution in [3.8, 4) is 0 Å². The molecule has 0 nitrogen and oxygen atoms in total. The Bertz CT molecular complexity index is 149. The predicted octanol–water partition coefficient (Wildman–Crippen LogP) is 4.52. The fraction of sp³-hybridized carbons (Fsp3) is 1.00. The molecule has 0 bridgehead atoms. The maximum Gasteiger partial charge on any atom is 0.0569 e. The maximum absolute atomic E-state index is 4.25. The van der Waals surface area contributed by atoms with Crippen LogP contribution in [0.2, 0.25) is 0 Å². The van der Waals surface area contributed by atoms with E-state index < -0.39 is 0 Å². The number of hydrogen-bond acceptors (Lipinski definition) is 5. The van der Waals surface area contributed by atoms with Crippen molar-refractivity contribution in [1.29, 1.82) is 0 Å². The van der Waals surface area contributed by atoms with Crippen molar-refractivity contribution in [2.24, 2.45) is 0 Å². The Morgan fingerprint density at radius 2 is 1.13 bits per heavy atom. The number of hydrogen-bond donors (Lipinski definition) is 2. The Balaban J connectivity index is 4.04. The van der Waals surface area contributed by atoms with Crippen LogP contribution in [0.3, 0.4) is 0 Å². The van der Waals surface area contributed by atoms with Gasteiger partial charge in [-0.2, -0.15) is 25.3 Å². The first-order valence-electron chi connectivity index (χ1n) is 5.03. The molecule has 0 aromatic heterocycles. The summed E-state index contributed by atoms with van der Waals surface area (Å²) in [6.45, 7) is 9.20. The zero-order chi connectivity index (χ0) is 11.9. The van der Waals surface area contributed by atoms with Crippen LogP contribution < -0.4 is 0 Å². The summed E-state index contributed by atoms with van der Waals surface area (Å²) in [7, 11) is 0. The Morgan fingerprint density at radius 1 is 0.800 bits per heavy atom. The lowest BCUT2D eigenvalue weighted by Crippen LogP contribution is -2.21. The summed E-state index contributed by atoms with van der Waals surface area (Å²) >= 11 is 14.5. The van der Waals surface area contributed by atoms with E-state index in [9.17, 15) is 0 Å². The van der Waals surface area contributed by atoms with E-state index in [0.717, 1.165) is 23.0 Å². The van der Waals surface area contributed by atoms with Crippen molar-refractivity contribution in [2.45, 2.75) is 35.9 Å². The fourth-order valence-electron chi connectivity index (χ4n) is 1.23. The SMILES string of the molecule is CC(C)(SCCS)SC(C)(C)SCCS. The molecule has 92 valence electrons. The molecule has 0 aliphatic rings. The molecule has 0 aliphatic heterocycles. The van der Waals surface area contributed by atoms with Gasteiger partial charge in [-0.3, -0.25) is 0 Å². The second-order valence-corrected chi connectivity index (χ2v) is 11.1. The molecule has 0 unspecified atom stereocenters. The third kappa shape index (κ3) is 9.45. The number of thiol groups is 2. The van der Waals surface area contributed by atoms with Crippen LogP contribution in [0.15, 0.2) is 0 Å². The molecule has 0 amide bonds. The van der Waals surface area contributed by atoms with Crippen molar-refractivity contribution in [1.82, 2.24) is 0 Å². The third-order valence-electron chi connectivity index (χ3n) is 1.57. The van der Waals surface area contributed by atoms with Gasteiger partial charge in [0.2, 0.25) is 0 Å². The summed E-state index contributed by atoms with van der Waals surface area (Å²) in [5.41, 5.74) is 0. The average Bonchev–Trinajstić information content (AvgIpc) is 2.10. The second kappa shape index (κ2) is 7.96. The highest BCUT2D eigenvalue weighted by atomic mass is 32.2. The fourth-order valence-corrected chi connectivity index (χ4v) is 6.51. The lowest BCUT2D eigenvalue weighted by Gasteiger charge is -2.33. The van der Waals surface area contributed by atoms with Gasteiger partial charge in [-0.25, -0.2) is 0 Å². The van der Waals surface area contributed by atoms with Crippen LogP contribution in [-0.4, -0.2) is 31.2 Å². The van der Waals surface area contributed by atoms with E-state index in [0.29, 0.717) is 0 Å². The minimum Gasteiger partial charge on any atom is -0.179 e. The standard InChI is InChI=1S/C10H22S5/c1-9(2,13-7-5-11)15-10(3,4)14-8-6-12/h11-12H,5-8H2,1-4H3. The molecule has 0 radical (unpaired) electrons. The minimum atomic E-state index is 0.274. The first-order chi connectivity index (χ1) is 6.83. The molecule has 0 N–H and O–H groups in total. The molecule has 0 fully saturated rings. The van der Waals surface area contributed by atoms with E-state index in [1.807, 2.05) is 35.3 Å². The summed E-state index contributed by atoms with van der Waals surface area (Å²) in [4.78, 5) is 0. The molecule has 0 heterocycles. The van der Waals surface area contributed by atoms with Crippen LogP contribution in [-0.2, 0) is 0 Å². The molecule has 0 saturated heterocycles. The molecule has 0 spiro atoms. The molecule has 0 rings (SSSR count). The van der Waals surface area contributed by atoms with Gasteiger partial charge in [0.1, 0.15) is 0 Å². The Labute approximate surface area is 119 Å². The van der Waals surface area contributed by atoms with Gasteiger partial charge in [0.25, 0.3) is 0 Å². The molecule has 5 heteroatoms. The highest BCUT2D eigenvalue weighted by Crippen LogP contribution is 2.48. The second-order valence-electron chi connectivity index (χ2n) is 4.05. The number of rotatable bonds is 8. The van der Waals surface area contributed by atoms with Gasteiger partial charge in [0, 0.05) is 11.5 Å². The molecular formula is C10H22S5. The summed E-state index contributed by atoms with van der Waals surface area (Å²) in [6.07, 6.45) is 0. The summed E-state index contributed by atoms with van der Waals surface area (Å²) in [5, 5.41) is 0. The quantitative estimate of drug-likeness (QED) is 0.500. The van der Waals surface area contributed by atoms with Crippen molar-refractivity contribution in [2.75, 3.05) is 23.0 Å². The Hall–Kier alpha value is 1.75. The highest BCUT2D eigenvalue weighted by molar-refractivity contribution is 8.25. The Morgan fingerprint density at radius 3 is 1.40 bits per heavy atom. The zero-order valence-corrected chi connectivity index (χ0v) is 14.2. The molecular weight excluding hydrogens is 280 g/mol. The summed E-state index contributed by atoms with van der Waals surface area (Å²) < 4.78 is 0.547. The van der Waals surface area contributed by atoms with E-state index in [2.05, 4.69) is 53.0 Å². The van der Waals surface area contributed by atoms with Crippen molar-refractivity contribution in [3.05, 3.63) is 0 Å². The third-order valence-corrected chi connectivity index (χ3v) is 7.02. The van der Waals surface area contributed by atoms with Gasteiger partial charge in [-0.15, -0.1) is 35.3 Å². The van der Waals surface area contributed by atoms with Crippen LogP contribution in [0, 0.1) is 0 Å². The summed E-state index contributed by atoms with van der Waals surface area (Å²) in [6, 6.07) is 0. The largest absolute Gasteiger partial charge is 0.179 e. The first kappa shape index (κ1) is 16.8. The predicted molar refractivity (Wildman–Crippen MR) is 88.4 cm³/mol. The van der Waals surface area contributed by atoms with E-state index in [-0.39, 0.29) is 8.16 Å². The lowest BCUT2D eigenvalue weighted by molar-refractivity contribution is 0.961. The van der Waals surface area contributed by atoms with Crippen molar-refractivity contribution >= 4 is 60.5 Å². The van der Waals surface area contributed by atoms with Crippen molar-refractivity contribution < 1.29 is 0 Å². The van der Waals surface area contributed by atoms with Crippen LogP contribution in [0.5, 0.6) is 0 Å². The molecule has 0 saturated carbocycles. The van der Waals surface area contributed by atoms with E-state index in [4.69, 9.17) is 0 Å². The van der Waals surface area contributed by atoms with Crippen LogP contribution in [0.4, 0.5) is 0 Å². The summed E-state index contributed by atoms with van der Waals surface area (Å²) in [5.74, 6) is 4.16. The van der Waals surface area contributed by atoms with Gasteiger partial charge in [0.05, 0.1) is 8.16 Å². The van der Waals surface area contributed by atoms with E-state index in [1.54, 1.807) is 0 Å². The molecule has 15 heavy (non-hydrogen) atoms. The smallest absolute Gasteiger partial charge is 0.0569 e. The topological polar surface area (TPSA) is 0 Å². The van der Waals surface area contributed by atoms with Gasteiger partial charge >= 0.3 is 0 Å². The van der Waals surface area contributed by atoms with Crippen LogP contribution >= 0.6 is 60.5 Å². The minimum absolute atomic E-state index is 0.274.